The van der Waals surface area contributed by atoms with Gasteiger partial charge in [-0.1, -0.05) is 17.7 Å². The zero-order valence-electron chi connectivity index (χ0n) is 11.7. The van der Waals surface area contributed by atoms with Gasteiger partial charge in [-0.3, -0.25) is 0 Å². The number of likely N-dealkylation sites (tertiary alicyclic amines) is 1. The molecule has 1 aliphatic heterocycles. The van der Waals surface area contributed by atoms with E-state index in [0.717, 1.165) is 18.8 Å². The van der Waals surface area contributed by atoms with Crippen LogP contribution in [0.1, 0.15) is 36.0 Å². The van der Waals surface area contributed by atoms with E-state index in [9.17, 15) is 0 Å². The van der Waals surface area contributed by atoms with Gasteiger partial charge in [0.25, 0.3) is 0 Å². The lowest BCUT2D eigenvalue weighted by atomic mass is 10.1. The highest BCUT2D eigenvalue weighted by atomic mass is 15.3. The van der Waals surface area contributed by atoms with Gasteiger partial charge in [-0.25, -0.2) is 4.99 Å². The maximum absolute atomic E-state index is 6.13. The number of aliphatic imine (C=N–C) groups is 1. The first kappa shape index (κ1) is 12.9. The van der Waals surface area contributed by atoms with Crippen molar-refractivity contribution in [3.63, 3.8) is 0 Å². The minimum absolute atomic E-state index is 0.671. The second-order valence-corrected chi connectivity index (χ2v) is 5.27. The third-order valence-electron chi connectivity index (χ3n) is 3.54. The Morgan fingerprint density at radius 2 is 1.61 bits per heavy atom. The van der Waals surface area contributed by atoms with Gasteiger partial charge in [-0.15, -0.1) is 0 Å². The van der Waals surface area contributed by atoms with Gasteiger partial charge in [0.15, 0.2) is 5.96 Å². The lowest BCUT2D eigenvalue weighted by Crippen LogP contribution is -2.40. The Labute approximate surface area is 110 Å². The molecule has 0 amide bonds. The van der Waals surface area contributed by atoms with E-state index < -0.39 is 0 Å². The fourth-order valence-electron chi connectivity index (χ4n) is 2.66. The summed E-state index contributed by atoms with van der Waals surface area (Å²) in [6.07, 6.45) is 3.76. The van der Waals surface area contributed by atoms with Crippen LogP contribution in [0, 0.1) is 20.8 Å². The van der Waals surface area contributed by atoms with Crippen molar-refractivity contribution >= 4 is 11.6 Å². The molecule has 98 valence electrons. The smallest absolute Gasteiger partial charge is 0.196 e. The van der Waals surface area contributed by atoms with E-state index in [2.05, 4.69) is 42.8 Å². The number of aryl methyl sites for hydroxylation is 3. The van der Waals surface area contributed by atoms with E-state index in [1.165, 1.54) is 36.0 Å². The number of benzene rings is 1. The predicted molar refractivity (Wildman–Crippen MR) is 77.4 cm³/mol. The first-order valence-corrected chi connectivity index (χ1v) is 6.75. The molecule has 3 nitrogen and oxygen atoms in total. The Kier molecular flexibility index (Phi) is 3.90. The Bertz CT molecular complexity index is 434. The molecule has 0 bridgehead atoms. The van der Waals surface area contributed by atoms with Crippen molar-refractivity contribution in [1.82, 2.24) is 4.90 Å². The van der Waals surface area contributed by atoms with E-state index in [1.54, 1.807) is 0 Å². The molecule has 1 fully saturated rings. The Balaban J connectivity index is 2.26. The number of guanidine groups is 1. The summed E-state index contributed by atoms with van der Waals surface area (Å²) in [6, 6.07) is 4.32. The largest absolute Gasteiger partial charge is 0.369 e. The minimum atomic E-state index is 0.671. The van der Waals surface area contributed by atoms with Crippen LogP contribution >= 0.6 is 0 Å². The zero-order valence-corrected chi connectivity index (χ0v) is 11.7. The minimum Gasteiger partial charge on any atom is -0.369 e. The molecule has 0 spiro atoms. The van der Waals surface area contributed by atoms with Crippen LogP contribution in [0.5, 0.6) is 0 Å². The summed E-state index contributed by atoms with van der Waals surface area (Å²) in [5.74, 6) is 0.671. The maximum atomic E-state index is 6.13. The topological polar surface area (TPSA) is 41.6 Å². The van der Waals surface area contributed by atoms with Crippen LogP contribution in [-0.4, -0.2) is 23.9 Å². The predicted octanol–water partition coefficient (Wildman–Crippen LogP) is 3.04. The van der Waals surface area contributed by atoms with Crippen molar-refractivity contribution in [2.75, 3.05) is 13.1 Å². The SMILES string of the molecule is Cc1cc(C)c(N=C(N)N2CCCCC2)c(C)c1. The fraction of sp³-hybridized carbons (Fsp3) is 0.533. The highest BCUT2D eigenvalue weighted by Gasteiger charge is 2.13. The first-order valence-electron chi connectivity index (χ1n) is 6.75. The van der Waals surface area contributed by atoms with E-state index in [-0.39, 0.29) is 0 Å². The van der Waals surface area contributed by atoms with E-state index in [0.29, 0.717) is 5.96 Å². The van der Waals surface area contributed by atoms with Crippen LogP contribution in [0.15, 0.2) is 17.1 Å². The third-order valence-corrected chi connectivity index (χ3v) is 3.54. The van der Waals surface area contributed by atoms with Gasteiger partial charge in [0.05, 0.1) is 5.69 Å². The summed E-state index contributed by atoms with van der Waals surface area (Å²) < 4.78 is 0. The van der Waals surface area contributed by atoms with Crippen LogP contribution in [0.25, 0.3) is 0 Å². The molecule has 2 N–H and O–H groups in total. The van der Waals surface area contributed by atoms with Gasteiger partial charge < -0.3 is 10.6 Å². The molecule has 18 heavy (non-hydrogen) atoms. The summed E-state index contributed by atoms with van der Waals surface area (Å²) in [5.41, 5.74) is 10.8. The summed E-state index contributed by atoms with van der Waals surface area (Å²) in [5, 5.41) is 0. The standard InChI is InChI=1S/C15H23N3/c1-11-9-12(2)14(13(3)10-11)17-15(16)18-7-5-4-6-8-18/h9-10H,4-8H2,1-3H3,(H2,16,17). The van der Waals surface area contributed by atoms with Crippen molar-refractivity contribution < 1.29 is 0 Å². The normalized spacial score (nSPS) is 17.1. The van der Waals surface area contributed by atoms with E-state index in [1.807, 2.05) is 0 Å². The number of nitrogens with two attached hydrogens (primary N) is 1. The number of rotatable bonds is 1. The van der Waals surface area contributed by atoms with Crippen molar-refractivity contribution in [3.8, 4) is 0 Å². The molecule has 2 rings (SSSR count). The van der Waals surface area contributed by atoms with Crippen LogP contribution in [-0.2, 0) is 0 Å². The molecular weight excluding hydrogens is 222 g/mol. The monoisotopic (exact) mass is 245 g/mol. The molecule has 0 unspecified atom stereocenters. The van der Waals surface area contributed by atoms with Crippen LogP contribution in [0.2, 0.25) is 0 Å². The summed E-state index contributed by atoms with van der Waals surface area (Å²) in [7, 11) is 0. The summed E-state index contributed by atoms with van der Waals surface area (Å²) in [6.45, 7) is 8.39. The number of piperidine rings is 1. The Morgan fingerprint density at radius 1 is 1.06 bits per heavy atom. The van der Waals surface area contributed by atoms with Gasteiger partial charge in [0.1, 0.15) is 0 Å². The van der Waals surface area contributed by atoms with E-state index >= 15 is 0 Å². The van der Waals surface area contributed by atoms with Crippen LogP contribution in [0.3, 0.4) is 0 Å². The van der Waals surface area contributed by atoms with Crippen LogP contribution < -0.4 is 5.73 Å². The van der Waals surface area contributed by atoms with Crippen molar-refractivity contribution in [2.45, 2.75) is 40.0 Å². The van der Waals surface area contributed by atoms with Gasteiger partial charge in [0.2, 0.25) is 0 Å². The molecule has 0 saturated carbocycles. The molecule has 1 aromatic rings. The molecule has 0 aliphatic carbocycles. The number of hydrogen-bond acceptors (Lipinski definition) is 1. The molecule has 1 aromatic carbocycles. The molecule has 1 aliphatic rings. The summed E-state index contributed by atoms with van der Waals surface area (Å²) in [4.78, 5) is 6.84. The molecule has 3 heteroatoms. The number of hydrogen-bond donors (Lipinski definition) is 1. The Hall–Kier alpha value is -1.51. The molecule has 0 radical (unpaired) electrons. The maximum Gasteiger partial charge on any atom is 0.196 e. The quantitative estimate of drug-likeness (QED) is 0.610. The number of nitrogens with zero attached hydrogens (tertiary/aromatic N) is 2. The van der Waals surface area contributed by atoms with E-state index in [4.69, 9.17) is 5.73 Å². The van der Waals surface area contributed by atoms with Gasteiger partial charge in [0, 0.05) is 13.1 Å². The second kappa shape index (κ2) is 5.42. The van der Waals surface area contributed by atoms with Crippen molar-refractivity contribution in [3.05, 3.63) is 28.8 Å². The molecule has 1 heterocycles. The third kappa shape index (κ3) is 2.84. The fourth-order valence-corrected chi connectivity index (χ4v) is 2.66. The average Bonchev–Trinajstić information content (AvgIpc) is 2.34. The molecular formula is C15H23N3. The second-order valence-electron chi connectivity index (χ2n) is 5.27. The summed E-state index contributed by atoms with van der Waals surface area (Å²) >= 11 is 0. The zero-order chi connectivity index (χ0) is 13.1. The van der Waals surface area contributed by atoms with Gasteiger partial charge in [-0.05, 0) is 51.2 Å². The lowest BCUT2D eigenvalue weighted by Gasteiger charge is -2.27. The highest BCUT2D eigenvalue weighted by molar-refractivity contribution is 5.82. The highest BCUT2D eigenvalue weighted by Crippen LogP contribution is 2.25. The van der Waals surface area contributed by atoms with Crippen molar-refractivity contribution in [2.24, 2.45) is 10.7 Å². The van der Waals surface area contributed by atoms with Crippen LogP contribution in [0.4, 0.5) is 5.69 Å². The molecule has 1 saturated heterocycles. The Morgan fingerprint density at radius 3 is 2.17 bits per heavy atom. The van der Waals surface area contributed by atoms with Gasteiger partial charge in [-0.2, -0.15) is 0 Å². The first-order chi connectivity index (χ1) is 8.58. The van der Waals surface area contributed by atoms with Gasteiger partial charge >= 0.3 is 0 Å². The molecule has 0 atom stereocenters. The average molecular weight is 245 g/mol. The molecule has 0 aromatic heterocycles. The van der Waals surface area contributed by atoms with Crippen molar-refractivity contribution in [1.29, 1.82) is 0 Å². The lowest BCUT2D eigenvalue weighted by molar-refractivity contribution is 0.339.